The number of amides is 1. The summed E-state index contributed by atoms with van der Waals surface area (Å²) in [5, 5.41) is 0. The predicted molar refractivity (Wildman–Crippen MR) is 82.3 cm³/mol. The van der Waals surface area contributed by atoms with Gasteiger partial charge in [0.25, 0.3) is 0 Å². The normalized spacial score (nSPS) is 22.3. The number of hydrogen-bond acceptors (Lipinski definition) is 3. The fourth-order valence-corrected chi connectivity index (χ4v) is 2.35. The molecule has 0 aromatic carbocycles. The molecule has 1 aliphatic rings. The van der Waals surface area contributed by atoms with Crippen molar-refractivity contribution in [1.29, 1.82) is 0 Å². The maximum absolute atomic E-state index is 12.1. The summed E-state index contributed by atoms with van der Waals surface area (Å²) in [6.07, 6.45) is 3.06. The Morgan fingerprint density at radius 1 is 1.30 bits per heavy atom. The lowest BCUT2D eigenvalue weighted by atomic mass is 10.2. The quantitative estimate of drug-likeness (QED) is 0.737. The lowest BCUT2D eigenvalue weighted by Crippen LogP contribution is -2.40. The molecule has 1 rings (SSSR count). The number of carbonyl (C=O) groups excluding carboxylic acids is 1. The summed E-state index contributed by atoms with van der Waals surface area (Å²) < 4.78 is 21.0. The van der Waals surface area contributed by atoms with E-state index >= 15 is 0 Å². The van der Waals surface area contributed by atoms with E-state index in [2.05, 4.69) is 4.40 Å². The minimum atomic E-state index is -1.29. The van der Waals surface area contributed by atoms with Crippen molar-refractivity contribution in [2.24, 2.45) is 4.40 Å². The van der Waals surface area contributed by atoms with Crippen molar-refractivity contribution < 1.29 is 13.7 Å². The Balaban J connectivity index is 2.69. The van der Waals surface area contributed by atoms with Crippen LogP contribution in [0.3, 0.4) is 0 Å². The van der Waals surface area contributed by atoms with Crippen LogP contribution in [0.5, 0.6) is 0 Å². The van der Waals surface area contributed by atoms with Gasteiger partial charge in [0.2, 0.25) is 0 Å². The molecule has 20 heavy (non-hydrogen) atoms. The molecule has 0 N–H and O–H groups in total. The lowest BCUT2D eigenvalue weighted by Gasteiger charge is -2.27. The third-order valence-electron chi connectivity index (χ3n) is 2.78. The van der Waals surface area contributed by atoms with Crippen LogP contribution in [-0.2, 0) is 15.7 Å². The predicted octanol–water partition coefficient (Wildman–Crippen LogP) is 2.92. The molecule has 0 aliphatic carbocycles. The monoisotopic (exact) mass is 302 g/mol. The molecule has 0 aromatic heterocycles. The molecule has 116 valence electrons. The molecule has 0 bridgehead atoms. The third kappa shape index (κ3) is 5.23. The second kappa shape index (κ2) is 6.24. The number of rotatable bonds is 2. The smallest absolute Gasteiger partial charge is 0.410 e. The highest BCUT2D eigenvalue weighted by molar-refractivity contribution is 7.85. The van der Waals surface area contributed by atoms with Gasteiger partial charge in [0.05, 0.1) is 10.8 Å². The highest BCUT2D eigenvalue weighted by Crippen LogP contribution is 2.20. The SMILES string of the molecule is CC(C)(C)OC(=O)N1CCCC1/C=N/S(=O)C(C)(C)C. The van der Waals surface area contributed by atoms with E-state index in [0.29, 0.717) is 6.54 Å². The maximum atomic E-state index is 12.1. The molecule has 1 amide bonds. The summed E-state index contributed by atoms with van der Waals surface area (Å²) in [4.78, 5) is 13.7. The van der Waals surface area contributed by atoms with Crippen LogP contribution in [0.4, 0.5) is 4.79 Å². The van der Waals surface area contributed by atoms with E-state index in [1.54, 1.807) is 11.1 Å². The Bertz CT molecular complexity index is 408. The van der Waals surface area contributed by atoms with Crippen molar-refractivity contribution in [3.63, 3.8) is 0 Å². The zero-order valence-corrected chi connectivity index (χ0v) is 14.1. The van der Waals surface area contributed by atoms with Gasteiger partial charge >= 0.3 is 6.09 Å². The molecule has 1 aliphatic heterocycles. The molecule has 1 saturated heterocycles. The van der Waals surface area contributed by atoms with Gasteiger partial charge in [-0.2, -0.15) is 4.40 Å². The first-order valence-corrected chi connectivity index (χ1v) is 8.07. The molecule has 6 heteroatoms. The van der Waals surface area contributed by atoms with E-state index in [9.17, 15) is 9.00 Å². The number of carbonyl (C=O) groups is 1. The van der Waals surface area contributed by atoms with E-state index in [0.717, 1.165) is 12.8 Å². The van der Waals surface area contributed by atoms with Gasteiger partial charge in [-0.1, -0.05) is 0 Å². The zero-order valence-electron chi connectivity index (χ0n) is 13.3. The largest absolute Gasteiger partial charge is 0.444 e. The Labute approximate surface area is 124 Å². The summed E-state index contributed by atoms with van der Waals surface area (Å²) in [7, 11) is -1.29. The van der Waals surface area contributed by atoms with Gasteiger partial charge in [-0.05, 0) is 54.4 Å². The Kier molecular flexibility index (Phi) is 5.35. The van der Waals surface area contributed by atoms with E-state index < -0.39 is 16.6 Å². The number of hydrogen-bond donors (Lipinski definition) is 0. The van der Waals surface area contributed by atoms with E-state index in [1.807, 2.05) is 41.5 Å². The lowest BCUT2D eigenvalue weighted by molar-refractivity contribution is 0.0268. The highest BCUT2D eigenvalue weighted by Gasteiger charge is 2.31. The van der Waals surface area contributed by atoms with Crippen LogP contribution in [0.15, 0.2) is 4.40 Å². The zero-order chi connectivity index (χ0) is 15.6. The number of ether oxygens (including phenoxy) is 1. The second-order valence-electron chi connectivity index (χ2n) is 7.00. The van der Waals surface area contributed by atoms with Crippen LogP contribution in [-0.4, -0.2) is 44.4 Å². The minimum Gasteiger partial charge on any atom is -0.444 e. The van der Waals surface area contributed by atoms with Crippen LogP contribution >= 0.6 is 0 Å². The summed E-state index contributed by atoms with van der Waals surface area (Å²) in [6, 6.07) is -0.115. The van der Waals surface area contributed by atoms with Gasteiger partial charge in [0.15, 0.2) is 0 Å². The van der Waals surface area contributed by atoms with Crippen molar-refractivity contribution in [2.45, 2.75) is 70.8 Å². The van der Waals surface area contributed by atoms with Crippen LogP contribution in [0.1, 0.15) is 54.4 Å². The van der Waals surface area contributed by atoms with Crippen molar-refractivity contribution >= 4 is 23.3 Å². The molecule has 0 saturated carbocycles. The van der Waals surface area contributed by atoms with Gasteiger partial charge < -0.3 is 9.64 Å². The molecule has 1 fully saturated rings. The average Bonchev–Trinajstić information content (AvgIpc) is 2.70. The molecule has 0 radical (unpaired) electrons. The van der Waals surface area contributed by atoms with Crippen LogP contribution < -0.4 is 0 Å². The second-order valence-corrected chi connectivity index (χ2v) is 8.93. The molecule has 2 unspecified atom stereocenters. The Hall–Kier alpha value is -0.910. The van der Waals surface area contributed by atoms with E-state index in [4.69, 9.17) is 4.74 Å². The van der Waals surface area contributed by atoms with Gasteiger partial charge in [-0.25, -0.2) is 9.00 Å². The Morgan fingerprint density at radius 2 is 1.90 bits per heavy atom. The summed E-state index contributed by atoms with van der Waals surface area (Å²) in [5.74, 6) is 0. The first-order valence-electron chi connectivity index (χ1n) is 6.96. The molecule has 5 nitrogen and oxygen atoms in total. The number of nitrogens with zero attached hydrogens (tertiary/aromatic N) is 2. The van der Waals surface area contributed by atoms with Gasteiger partial charge in [-0.3, -0.25) is 0 Å². The third-order valence-corrected chi connectivity index (χ3v) is 4.14. The van der Waals surface area contributed by atoms with E-state index in [-0.39, 0.29) is 16.9 Å². The fourth-order valence-electron chi connectivity index (χ4n) is 1.78. The van der Waals surface area contributed by atoms with Crippen LogP contribution in [0, 0.1) is 0 Å². The summed E-state index contributed by atoms with van der Waals surface area (Å²) in [5.41, 5.74) is -0.504. The first-order chi connectivity index (χ1) is 9.00. The van der Waals surface area contributed by atoms with Gasteiger partial charge in [0.1, 0.15) is 16.6 Å². The summed E-state index contributed by atoms with van der Waals surface area (Å²) >= 11 is 0. The van der Waals surface area contributed by atoms with Crippen molar-refractivity contribution in [1.82, 2.24) is 4.90 Å². The van der Waals surface area contributed by atoms with Crippen LogP contribution in [0.2, 0.25) is 0 Å². The standard InChI is InChI=1S/C14H26N2O3S/c1-13(2,3)19-12(17)16-9-7-8-11(16)10-15-20(18)14(4,5)6/h10-11H,7-9H2,1-6H3/b15-10+. The molecule has 2 atom stereocenters. The fraction of sp³-hybridized carbons (Fsp3) is 0.857. The molecule has 0 aromatic rings. The topological polar surface area (TPSA) is 59.0 Å². The van der Waals surface area contributed by atoms with Gasteiger partial charge in [-0.15, -0.1) is 0 Å². The maximum Gasteiger partial charge on any atom is 0.410 e. The molecule has 0 spiro atoms. The average molecular weight is 302 g/mol. The van der Waals surface area contributed by atoms with Crippen LogP contribution in [0.25, 0.3) is 0 Å². The van der Waals surface area contributed by atoms with Crippen molar-refractivity contribution in [2.75, 3.05) is 6.54 Å². The first kappa shape index (κ1) is 17.1. The van der Waals surface area contributed by atoms with Gasteiger partial charge in [0, 0.05) is 12.8 Å². The van der Waals surface area contributed by atoms with Crippen molar-refractivity contribution in [3.05, 3.63) is 0 Å². The Morgan fingerprint density at radius 3 is 2.40 bits per heavy atom. The van der Waals surface area contributed by atoms with E-state index in [1.165, 1.54) is 0 Å². The molecular weight excluding hydrogens is 276 g/mol. The minimum absolute atomic E-state index is 0.115. The molecule has 1 heterocycles. The molecular formula is C14H26N2O3S. The summed E-state index contributed by atoms with van der Waals surface area (Å²) in [6.45, 7) is 11.8. The van der Waals surface area contributed by atoms with Crippen molar-refractivity contribution in [3.8, 4) is 0 Å². The highest BCUT2D eigenvalue weighted by atomic mass is 32.2. The number of likely N-dealkylation sites (tertiary alicyclic amines) is 1.